The molecule has 1 rings (SSSR count). The molecule has 0 radical (unpaired) electrons. The third kappa shape index (κ3) is 2.78. The number of hydrogen-bond donors (Lipinski definition) is 0. The van der Waals surface area contributed by atoms with Crippen LogP contribution in [0.1, 0.15) is 26.7 Å². The van der Waals surface area contributed by atoms with Crippen molar-refractivity contribution in [1.82, 2.24) is 4.90 Å². The molecule has 0 saturated carbocycles. The second kappa shape index (κ2) is 4.72. The predicted molar refractivity (Wildman–Crippen MR) is 51.7 cm³/mol. The van der Waals surface area contributed by atoms with Crippen LogP contribution in [0.5, 0.6) is 0 Å². The van der Waals surface area contributed by atoms with Gasteiger partial charge in [0.2, 0.25) is 0 Å². The molecule has 1 aliphatic heterocycles. The first kappa shape index (κ1) is 10.7. The first-order chi connectivity index (χ1) is 6.15. The second-order valence-electron chi connectivity index (χ2n) is 3.74. The van der Waals surface area contributed by atoms with Crippen molar-refractivity contribution < 1.29 is 9.53 Å². The maximum absolute atomic E-state index is 11.2. The highest BCUT2D eigenvalue weighted by Crippen LogP contribution is 2.17. The highest BCUT2D eigenvalue weighted by Gasteiger charge is 2.28. The molecule has 2 atom stereocenters. The van der Waals surface area contributed by atoms with E-state index < -0.39 is 0 Å². The Balaban J connectivity index is 2.38. The highest BCUT2D eigenvalue weighted by atomic mass is 16.5. The minimum Gasteiger partial charge on any atom is -0.377 e. The Bertz CT molecular complexity index is 182. The van der Waals surface area contributed by atoms with Gasteiger partial charge in [0, 0.05) is 19.1 Å². The van der Waals surface area contributed by atoms with Gasteiger partial charge in [0.1, 0.15) is 5.78 Å². The molecule has 13 heavy (non-hydrogen) atoms. The van der Waals surface area contributed by atoms with Crippen LogP contribution in [0.4, 0.5) is 0 Å². The maximum Gasteiger partial charge on any atom is 0.146 e. The fourth-order valence-corrected chi connectivity index (χ4v) is 1.81. The minimum absolute atomic E-state index is 0.273. The van der Waals surface area contributed by atoms with Crippen LogP contribution in [0.15, 0.2) is 0 Å². The molecule has 0 bridgehead atoms. The highest BCUT2D eigenvalue weighted by molar-refractivity contribution is 5.80. The molecular formula is C10H19NO2. The topological polar surface area (TPSA) is 29.5 Å². The summed E-state index contributed by atoms with van der Waals surface area (Å²) in [7, 11) is 2.00. The van der Waals surface area contributed by atoms with Gasteiger partial charge in [0.05, 0.1) is 12.6 Å². The Kier molecular flexibility index (Phi) is 3.88. The SMILES string of the molecule is CCC(=O)CN(C)C1CCOC1C. The third-order valence-electron chi connectivity index (χ3n) is 2.72. The molecule has 1 fully saturated rings. The number of rotatable bonds is 4. The van der Waals surface area contributed by atoms with Crippen molar-refractivity contribution in [3.63, 3.8) is 0 Å². The molecule has 0 aromatic rings. The second-order valence-corrected chi connectivity index (χ2v) is 3.74. The lowest BCUT2D eigenvalue weighted by Gasteiger charge is -2.25. The normalized spacial score (nSPS) is 28.3. The van der Waals surface area contributed by atoms with Crippen molar-refractivity contribution in [3.8, 4) is 0 Å². The van der Waals surface area contributed by atoms with E-state index in [-0.39, 0.29) is 6.10 Å². The number of Topliss-reactive ketones (excluding diaryl/α,β-unsaturated/α-hetero) is 1. The zero-order valence-electron chi connectivity index (χ0n) is 8.75. The summed E-state index contributed by atoms with van der Waals surface area (Å²) >= 11 is 0. The van der Waals surface area contributed by atoms with Gasteiger partial charge in [0.15, 0.2) is 0 Å². The summed E-state index contributed by atoms with van der Waals surface area (Å²) in [6.07, 6.45) is 1.95. The quantitative estimate of drug-likeness (QED) is 0.656. The standard InChI is InChI=1S/C10H19NO2/c1-4-9(12)7-11(3)10-5-6-13-8(10)2/h8,10H,4-7H2,1-3H3. The summed E-state index contributed by atoms with van der Waals surface area (Å²) < 4.78 is 5.45. The van der Waals surface area contributed by atoms with Crippen LogP contribution in [-0.2, 0) is 9.53 Å². The van der Waals surface area contributed by atoms with E-state index in [9.17, 15) is 4.79 Å². The van der Waals surface area contributed by atoms with E-state index >= 15 is 0 Å². The molecule has 3 nitrogen and oxygen atoms in total. The van der Waals surface area contributed by atoms with Crippen LogP contribution in [0.25, 0.3) is 0 Å². The number of ketones is 1. The molecule has 0 aromatic carbocycles. The van der Waals surface area contributed by atoms with E-state index in [4.69, 9.17) is 4.74 Å². The number of nitrogens with zero attached hydrogens (tertiary/aromatic N) is 1. The molecule has 0 spiro atoms. The van der Waals surface area contributed by atoms with Gasteiger partial charge in [-0.3, -0.25) is 9.69 Å². The summed E-state index contributed by atoms with van der Waals surface area (Å²) in [4.78, 5) is 13.3. The molecule has 0 aliphatic carbocycles. The van der Waals surface area contributed by atoms with E-state index in [0.29, 0.717) is 24.8 Å². The van der Waals surface area contributed by atoms with E-state index in [1.54, 1.807) is 0 Å². The van der Waals surface area contributed by atoms with Crippen LogP contribution < -0.4 is 0 Å². The maximum atomic E-state index is 11.2. The Hall–Kier alpha value is -0.410. The van der Waals surface area contributed by atoms with Crippen molar-refractivity contribution in [2.24, 2.45) is 0 Å². The fraction of sp³-hybridized carbons (Fsp3) is 0.900. The Morgan fingerprint density at radius 1 is 1.62 bits per heavy atom. The zero-order valence-corrected chi connectivity index (χ0v) is 8.75. The summed E-state index contributed by atoms with van der Waals surface area (Å²) in [6.45, 7) is 5.38. The van der Waals surface area contributed by atoms with Gasteiger partial charge in [-0.25, -0.2) is 0 Å². The summed E-state index contributed by atoms with van der Waals surface area (Å²) in [5, 5.41) is 0. The predicted octanol–water partition coefficient (Wildman–Crippen LogP) is 1.07. The van der Waals surface area contributed by atoms with E-state index in [1.807, 2.05) is 14.0 Å². The lowest BCUT2D eigenvalue weighted by atomic mass is 10.1. The van der Waals surface area contributed by atoms with E-state index in [0.717, 1.165) is 13.0 Å². The van der Waals surface area contributed by atoms with Crippen LogP contribution in [-0.4, -0.2) is 43.0 Å². The van der Waals surface area contributed by atoms with Crippen molar-refractivity contribution in [3.05, 3.63) is 0 Å². The number of carbonyl (C=O) groups excluding carboxylic acids is 1. The molecule has 0 aromatic heterocycles. The van der Waals surface area contributed by atoms with E-state index in [2.05, 4.69) is 11.8 Å². The van der Waals surface area contributed by atoms with Crippen molar-refractivity contribution >= 4 is 5.78 Å². The van der Waals surface area contributed by atoms with Gasteiger partial charge in [-0.2, -0.15) is 0 Å². The zero-order chi connectivity index (χ0) is 9.84. The smallest absolute Gasteiger partial charge is 0.146 e. The molecular weight excluding hydrogens is 166 g/mol. The number of ether oxygens (including phenoxy) is 1. The molecule has 1 heterocycles. The molecule has 76 valence electrons. The van der Waals surface area contributed by atoms with Gasteiger partial charge in [0.25, 0.3) is 0 Å². The third-order valence-corrected chi connectivity index (χ3v) is 2.72. The summed E-state index contributed by atoms with van der Waals surface area (Å²) in [5.41, 5.74) is 0. The largest absolute Gasteiger partial charge is 0.377 e. The van der Waals surface area contributed by atoms with Gasteiger partial charge >= 0.3 is 0 Å². The lowest BCUT2D eigenvalue weighted by molar-refractivity contribution is -0.120. The number of carbonyl (C=O) groups is 1. The molecule has 2 unspecified atom stereocenters. The minimum atomic E-state index is 0.273. The Labute approximate surface area is 80.1 Å². The summed E-state index contributed by atoms with van der Waals surface area (Å²) in [6, 6.07) is 0.426. The van der Waals surface area contributed by atoms with Crippen LogP contribution >= 0.6 is 0 Å². The van der Waals surface area contributed by atoms with Crippen LogP contribution in [0.2, 0.25) is 0 Å². The molecule has 0 N–H and O–H groups in total. The monoisotopic (exact) mass is 185 g/mol. The van der Waals surface area contributed by atoms with Gasteiger partial charge < -0.3 is 4.74 Å². The number of likely N-dealkylation sites (N-methyl/N-ethyl adjacent to an activating group) is 1. The van der Waals surface area contributed by atoms with Gasteiger partial charge in [-0.15, -0.1) is 0 Å². The van der Waals surface area contributed by atoms with Gasteiger partial charge in [-0.05, 0) is 20.4 Å². The molecule has 1 saturated heterocycles. The fourth-order valence-electron chi connectivity index (χ4n) is 1.81. The van der Waals surface area contributed by atoms with Crippen molar-refractivity contribution in [1.29, 1.82) is 0 Å². The Morgan fingerprint density at radius 3 is 2.77 bits per heavy atom. The first-order valence-corrected chi connectivity index (χ1v) is 4.98. The Morgan fingerprint density at radius 2 is 2.31 bits per heavy atom. The van der Waals surface area contributed by atoms with Crippen LogP contribution in [0, 0.1) is 0 Å². The lowest BCUT2D eigenvalue weighted by Crippen LogP contribution is -2.39. The van der Waals surface area contributed by atoms with Gasteiger partial charge in [-0.1, -0.05) is 6.92 Å². The van der Waals surface area contributed by atoms with E-state index in [1.165, 1.54) is 0 Å². The molecule has 1 aliphatic rings. The number of hydrogen-bond acceptors (Lipinski definition) is 3. The van der Waals surface area contributed by atoms with Crippen molar-refractivity contribution in [2.45, 2.75) is 38.8 Å². The first-order valence-electron chi connectivity index (χ1n) is 4.98. The average molecular weight is 185 g/mol. The molecule has 3 heteroatoms. The summed E-state index contributed by atoms with van der Waals surface area (Å²) in [5.74, 6) is 0.307. The van der Waals surface area contributed by atoms with Crippen LogP contribution in [0.3, 0.4) is 0 Å². The molecule has 0 amide bonds. The average Bonchev–Trinajstić information content (AvgIpc) is 2.51. The van der Waals surface area contributed by atoms with Crippen molar-refractivity contribution in [2.75, 3.05) is 20.2 Å².